The average molecular weight is 327 g/mol. The summed E-state index contributed by atoms with van der Waals surface area (Å²) >= 11 is 0. The number of hydrogen-bond acceptors (Lipinski definition) is 3. The predicted molar refractivity (Wildman–Crippen MR) is 91.6 cm³/mol. The molecule has 128 valence electrons. The largest absolute Gasteiger partial charge is 0.352 e. The first-order valence-electron chi connectivity index (χ1n) is 9.08. The van der Waals surface area contributed by atoms with Gasteiger partial charge in [0.05, 0.1) is 0 Å². The lowest BCUT2D eigenvalue weighted by atomic mass is 9.90. The van der Waals surface area contributed by atoms with E-state index in [-0.39, 0.29) is 11.8 Å². The minimum atomic E-state index is 0.149. The zero-order valence-corrected chi connectivity index (χ0v) is 14.0. The Hall–Kier alpha value is -1.88. The molecule has 0 aliphatic carbocycles. The van der Waals surface area contributed by atoms with E-state index in [4.69, 9.17) is 0 Å². The smallest absolute Gasteiger partial charge is 0.253 e. The van der Waals surface area contributed by atoms with Crippen LogP contribution in [0.1, 0.15) is 36.0 Å². The van der Waals surface area contributed by atoms with Gasteiger partial charge in [0.25, 0.3) is 5.91 Å². The molecule has 0 radical (unpaired) electrons. The van der Waals surface area contributed by atoms with Gasteiger partial charge in [-0.3, -0.25) is 14.5 Å². The summed E-state index contributed by atoms with van der Waals surface area (Å²) in [6, 6.07) is 10.4. The maximum Gasteiger partial charge on any atom is 0.253 e. The van der Waals surface area contributed by atoms with Crippen LogP contribution in [-0.2, 0) is 4.79 Å². The zero-order valence-electron chi connectivity index (χ0n) is 14.0. The quantitative estimate of drug-likeness (QED) is 0.896. The summed E-state index contributed by atoms with van der Waals surface area (Å²) < 4.78 is 0. The van der Waals surface area contributed by atoms with Crippen LogP contribution in [0.2, 0.25) is 0 Å². The fourth-order valence-corrected chi connectivity index (χ4v) is 4.47. The van der Waals surface area contributed by atoms with Crippen molar-refractivity contribution in [2.45, 2.75) is 37.8 Å². The highest BCUT2D eigenvalue weighted by molar-refractivity contribution is 5.94. The minimum Gasteiger partial charge on any atom is -0.352 e. The van der Waals surface area contributed by atoms with Gasteiger partial charge in [-0.1, -0.05) is 18.2 Å². The Labute approximate surface area is 143 Å². The molecule has 1 N–H and O–H groups in total. The molecule has 0 spiro atoms. The number of likely N-dealkylation sites (tertiary alicyclic amines) is 2. The molecule has 1 aromatic rings. The second-order valence-corrected chi connectivity index (χ2v) is 7.31. The van der Waals surface area contributed by atoms with E-state index in [1.807, 2.05) is 35.2 Å². The standard InChI is InChI=1S/C19H25N3O2/c23-18-12-15-6-9-22(13-17(15)20-18)16-7-10-21(11-8-16)19(24)14-4-2-1-3-5-14/h1-5,15-17H,6-13H2,(H,20,23)/t15-,17-/m1/s1. The van der Waals surface area contributed by atoms with E-state index in [1.165, 1.54) is 0 Å². The molecule has 3 saturated heterocycles. The summed E-state index contributed by atoms with van der Waals surface area (Å²) in [5, 5.41) is 3.13. The second-order valence-electron chi connectivity index (χ2n) is 7.31. The predicted octanol–water partition coefficient (Wildman–Crippen LogP) is 1.50. The first-order chi connectivity index (χ1) is 11.7. The molecule has 5 heteroatoms. The topological polar surface area (TPSA) is 52.7 Å². The monoisotopic (exact) mass is 327 g/mol. The van der Waals surface area contributed by atoms with Crippen molar-refractivity contribution in [1.82, 2.24) is 15.1 Å². The van der Waals surface area contributed by atoms with Crippen LogP contribution in [0.5, 0.6) is 0 Å². The third-order valence-electron chi connectivity index (χ3n) is 5.87. The number of benzene rings is 1. The second kappa shape index (κ2) is 6.55. The van der Waals surface area contributed by atoms with E-state index in [9.17, 15) is 9.59 Å². The molecular weight excluding hydrogens is 302 g/mol. The molecule has 3 aliphatic heterocycles. The van der Waals surface area contributed by atoms with Crippen LogP contribution >= 0.6 is 0 Å². The summed E-state index contributed by atoms with van der Waals surface area (Å²) in [7, 11) is 0. The third kappa shape index (κ3) is 3.05. The van der Waals surface area contributed by atoms with Gasteiger partial charge in [0, 0.05) is 43.7 Å². The molecule has 3 heterocycles. The normalized spacial score (nSPS) is 28.5. The van der Waals surface area contributed by atoms with Gasteiger partial charge in [-0.25, -0.2) is 0 Å². The molecule has 3 aliphatic rings. The molecule has 2 atom stereocenters. The summed E-state index contributed by atoms with van der Waals surface area (Å²) in [4.78, 5) is 28.6. The van der Waals surface area contributed by atoms with Gasteiger partial charge in [0.1, 0.15) is 0 Å². The van der Waals surface area contributed by atoms with Crippen LogP contribution in [0.3, 0.4) is 0 Å². The SMILES string of the molecule is O=C1C[C@H]2CCN(C3CCN(C(=O)c4ccccc4)CC3)C[C@H]2N1. The average Bonchev–Trinajstić information content (AvgIpc) is 3.01. The molecule has 0 unspecified atom stereocenters. The highest BCUT2D eigenvalue weighted by atomic mass is 16.2. The van der Waals surface area contributed by atoms with Gasteiger partial charge in [-0.2, -0.15) is 0 Å². The first kappa shape index (κ1) is 15.6. The van der Waals surface area contributed by atoms with Crippen LogP contribution in [0.4, 0.5) is 0 Å². The lowest BCUT2D eigenvalue weighted by molar-refractivity contribution is -0.119. The lowest BCUT2D eigenvalue weighted by Crippen LogP contribution is -2.53. The molecule has 1 aromatic carbocycles. The van der Waals surface area contributed by atoms with Crippen molar-refractivity contribution in [3.05, 3.63) is 35.9 Å². The van der Waals surface area contributed by atoms with E-state index in [1.54, 1.807) is 0 Å². The first-order valence-corrected chi connectivity index (χ1v) is 9.08. The Bertz CT molecular complexity index is 610. The number of nitrogens with one attached hydrogen (secondary N) is 1. The van der Waals surface area contributed by atoms with E-state index < -0.39 is 0 Å². The fourth-order valence-electron chi connectivity index (χ4n) is 4.47. The molecule has 5 nitrogen and oxygen atoms in total. The Morgan fingerprint density at radius 3 is 2.54 bits per heavy atom. The fraction of sp³-hybridized carbons (Fsp3) is 0.579. The maximum absolute atomic E-state index is 12.5. The van der Waals surface area contributed by atoms with Crippen molar-refractivity contribution in [2.75, 3.05) is 26.2 Å². The van der Waals surface area contributed by atoms with E-state index in [2.05, 4.69) is 10.2 Å². The van der Waals surface area contributed by atoms with Crippen molar-refractivity contribution in [3.8, 4) is 0 Å². The molecule has 0 saturated carbocycles. The minimum absolute atomic E-state index is 0.149. The molecule has 3 fully saturated rings. The van der Waals surface area contributed by atoms with Crippen LogP contribution < -0.4 is 5.32 Å². The number of amides is 2. The zero-order chi connectivity index (χ0) is 16.5. The van der Waals surface area contributed by atoms with Crippen LogP contribution in [0, 0.1) is 5.92 Å². The Morgan fingerprint density at radius 2 is 1.79 bits per heavy atom. The highest BCUT2D eigenvalue weighted by Gasteiger charge is 2.39. The van der Waals surface area contributed by atoms with Crippen molar-refractivity contribution < 1.29 is 9.59 Å². The number of rotatable bonds is 2. The van der Waals surface area contributed by atoms with Gasteiger partial charge >= 0.3 is 0 Å². The number of carbonyl (C=O) groups is 2. The van der Waals surface area contributed by atoms with E-state index in [0.717, 1.165) is 51.0 Å². The highest BCUT2D eigenvalue weighted by Crippen LogP contribution is 2.29. The third-order valence-corrected chi connectivity index (χ3v) is 5.87. The Morgan fingerprint density at radius 1 is 1.04 bits per heavy atom. The Balaban J connectivity index is 1.32. The number of fused-ring (bicyclic) bond motifs is 1. The van der Waals surface area contributed by atoms with Gasteiger partial charge in [0.15, 0.2) is 0 Å². The molecule has 0 aromatic heterocycles. The van der Waals surface area contributed by atoms with Crippen LogP contribution in [0.15, 0.2) is 30.3 Å². The van der Waals surface area contributed by atoms with Crippen molar-refractivity contribution in [2.24, 2.45) is 5.92 Å². The molecule has 0 bridgehead atoms. The Kier molecular flexibility index (Phi) is 4.27. The molecular formula is C19H25N3O2. The molecule has 4 rings (SSSR count). The molecule has 2 amide bonds. The number of carbonyl (C=O) groups excluding carboxylic acids is 2. The van der Waals surface area contributed by atoms with Gasteiger partial charge in [-0.05, 0) is 43.9 Å². The molecule has 24 heavy (non-hydrogen) atoms. The van der Waals surface area contributed by atoms with Gasteiger partial charge in [-0.15, -0.1) is 0 Å². The summed E-state index contributed by atoms with van der Waals surface area (Å²) in [6.45, 7) is 3.73. The van der Waals surface area contributed by atoms with E-state index in [0.29, 0.717) is 24.4 Å². The van der Waals surface area contributed by atoms with Crippen molar-refractivity contribution in [3.63, 3.8) is 0 Å². The van der Waals surface area contributed by atoms with E-state index >= 15 is 0 Å². The van der Waals surface area contributed by atoms with Gasteiger partial charge < -0.3 is 10.2 Å². The van der Waals surface area contributed by atoms with Crippen molar-refractivity contribution in [1.29, 1.82) is 0 Å². The number of nitrogens with zero attached hydrogens (tertiary/aromatic N) is 2. The summed E-state index contributed by atoms with van der Waals surface area (Å²) in [6.07, 6.45) is 3.89. The number of hydrogen-bond donors (Lipinski definition) is 1. The lowest BCUT2D eigenvalue weighted by Gasteiger charge is -2.43. The number of piperidine rings is 2. The van der Waals surface area contributed by atoms with Crippen LogP contribution in [0.25, 0.3) is 0 Å². The van der Waals surface area contributed by atoms with Gasteiger partial charge in [0.2, 0.25) is 5.91 Å². The summed E-state index contributed by atoms with van der Waals surface area (Å²) in [5.41, 5.74) is 0.783. The maximum atomic E-state index is 12.5. The van der Waals surface area contributed by atoms with Crippen LogP contribution in [-0.4, -0.2) is 59.9 Å². The summed E-state index contributed by atoms with van der Waals surface area (Å²) in [5.74, 6) is 0.902. The van der Waals surface area contributed by atoms with Crippen molar-refractivity contribution >= 4 is 11.8 Å².